The van der Waals surface area contributed by atoms with E-state index >= 15 is 0 Å². The normalized spacial score (nSPS) is 16.5. The average molecular weight is 385 g/mol. The largest absolute Gasteiger partial charge is 0.491 e. The summed E-state index contributed by atoms with van der Waals surface area (Å²) in [7, 11) is 0. The summed E-state index contributed by atoms with van der Waals surface area (Å²) in [5.74, 6) is 0.808. The van der Waals surface area contributed by atoms with Crippen molar-refractivity contribution >= 4 is 0 Å². The summed E-state index contributed by atoms with van der Waals surface area (Å²) in [5.41, 5.74) is 2.16. The SMILES string of the molecule is OC(COc1cccc(CNCCc2cnccn2)c1)CN1CCCCCC1. The van der Waals surface area contributed by atoms with Crippen LogP contribution in [0.4, 0.5) is 0 Å². The van der Waals surface area contributed by atoms with Gasteiger partial charge in [0.2, 0.25) is 0 Å². The van der Waals surface area contributed by atoms with Gasteiger partial charge in [-0.25, -0.2) is 0 Å². The van der Waals surface area contributed by atoms with Gasteiger partial charge in [0.15, 0.2) is 0 Å². The van der Waals surface area contributed by atoms with Gasteiger partial charge >= 0.3 is 0 Å². The van der Waals surface area contributed by atoms with E-state index in [1.165, 1.54) is 31.2 Å². The summed E-state index contributed by atoms with van der Waals surface area (Å²) in [6.45, 7) is 4.83. The molecule has 6 nitrogen and oxygen atoms in total. The zero-order valence-electron chi connectivity index (χ0n) is 16.6. The molecule has 1 aliphatic rings. The second-order valence-electron chi connectivity index (χ2n) is 7.45. The number of hydrogen-bond donors (Lipinski definition) is 2. The van der Waals surface area contributed by atoms with Crippen LogP contribution in [0.1, 0.15) is 36.9 Å². The topological polar surface area (TPSA) is 70.5 Å². The lowest BCUT2D eigenvalue weighted by atomic mass is 10.2. The maximum Gasteiger partial charge on any atom is 0.119 e. The molecule has 152 valence electrons. The molecule has 2 aromatic rings. The van der Waals surface area contributed by atoms with Crippen molar-refractivity contribution < 1.29 is 9.84 Å². The molecule has 2 heterocycles. The van der Waals surface area contributed by atoms with Gasteiger partial charge in [0, 0.05) is 44.6 Å². The van der Waals surface area contributed by atoms with E-state index in [9.17, 15) is 5.11 Å². The first-order valence-corrected chi connectivity index (χ1v) is 10.4. The van der Waals surface area contributed by atoms with Crippen molar-refractivity contribution in [1.82, 2.24) is 20.2 Å². The fraction of sp³-hybridized carbons (Fsp3) is 0.545. The molecule has 0 bridgehead atoms. The molecule has 0 spiro atoms. The number of nitrogens with one attached hydrogen (secondary N) is 1. The number of rotatable bonds is 10. The molecule has 1 unspecified atom stereocenters. The monoisotopic (exact) mass is 384 g/mol. The van der Waals surface area contributed by atoms with Crippen LogP contribution in [0.3, 0.4) is 0 Å². The first kappa shape index (κ1) is 20.7. The van der Waals surface area contributed by atoms with Crippen LogP contribution in [0.25, 0.3) is 0 Å². The minimum atomic E-state index is -0.452. The van der Waals surface area contributed by atoms with Gasteiger partial charge in [-0.1, -0.05) is 25.0 Å². The van der Waals surface area contributed by atoms with Crippen LogP contribution in [-0.4, -0.2) is 58.9 Å². The van der Waals surface area contributed by atoms with E-state index in [2.05, 4.69) is 26.3 Å². The number of benzene rings is 1. The molecular formula is C22H32N4O2. The standard InChI is InChI=1S/C22H32N4O2/c27-21(17-26-12-3-1-2-4-13-26)18-28-22-7-5-6-19(14-22)15-23-9-8-20-16-24-10-11-25-20/h5-7,10-11,14,16,21,23,27H,1-4,8-9,12-13,15,17-18H2. The molecule has 28 heavy (non-hydrogen) atoms. The highest BCUT2D eigenvalue weighted by atomic mass is 16.5. The lowest BCUT2D eigenvalue weighted by molar-refractivity contribution is 0.0693. The summed E-state index contributed by atoms with van der Waals surface area (Å²) in [6.07, 6.45) is 10.7. The van der Waals surface area contributed by atoms with E-state index in [-0.39, 0.29) is 0 Å². The van der Waals surface area contributed by atoms with Gasteiger partial charge in [0.05, 0.1) is 5.69 Å². The average Bonchev–Trinajstić information content (AvgIpc) is 2.99. The van der Waals surface area contributed by atoms with Crippen molar-refractivity contribution in [3.63, 3.8) is 0 Å². The van der Waals surface area contributed by atoms with Crippen molar-refractivity contribution in [2.24, 2.45) is 0 Å². The van der Waals surface area contributed by atoms with Crippen molar-refractivity contribution in [3.8, 4) is 5.75 Å². The third-order valence-corrected chi connectivity index (χ3v) is 5.01. The zero-order chi connectivity index (χ0) is 19.4. The predicted molar refractivity (Wildman–Crippen MR) is 110 cm³/mol. The van der Waals surface area contributed by atoms with Crippen molar-refractivity contribution in [1.29, 1.82) is 0 Å². The van der Waals surface area contributed by atoms with Gasteiger partial charge in [-0.3, -0.25) is 9.97 Å². The highest BCUT2D eigenvalue weighted by Crippen LogP contribution is 2.14. The molecule has 6 heteroatoms. The quantitative estimate of drug-likeness (QED) is 0.613. The number of ether oxygens (including phenoxy) is 1. The molecule has 1 fully saturated rings. The maximum atomic E-state index is 10.3. The third kappa shape index (κ3) is 7.54. The summed E-state index contributed by atoms with van der Waals surface area (Å²) in [5, 5.41) is 13.7. The Balaban J connectivity index is 1.36. The number of nitrogens with zero attached hydrogens (tertiary/aromatic N) is 3. The van der Waals surface area contributed by atoms with Crippen LogP contribution < -0.4 is 10.1 Å². The second-order valence-corrected chi connectivity index (χ2v) is 7.45. The molecule has 0 radical (unpaired) electrons. The number of likely N-dealkylation sites (tertiary alicyclic amines) is 1. The molecule has 0 aliphatic carbocycles. The number of aliphatic hydroxyl groups is 1. The lowest BCUT2D eigenvalue weighted by Gasteiger charge is -2.23. The van der Waals surface area contributed by atoms with E-state index in [0.717, 1.165) is 44.0 Å². The molecular weight excluding hydrogens is 352 g/mol. The van der Waals surface area contributed by atoms with Crippen molar-refractivity contribution in [2.75, 3.05) is 32.8 Å². The summed E-state index contributed by atoms with van der Waals surface area (Å²) < 4.78 is 5.83. The van der Waals surface area contributed by atoms with E-state index in [1.807, 2.05) is 18.2 Å². The molecule has 1 saturated heterocycles. The maximum absolute atomic E-state index is 10.3. The highest BCUT2D eigenvalue weighted by molar-refractivity contribution is 5.28. The second kappa shape index (κ2) is 11.7. The van der Waals surface area contributed by atoms with Crippen molar-refractivity contribution in [3.05, 3.63) is 54.1 Å². The Bertz CT molecular complexity index is 675. The minimum Gasteiger partial charge on any atom is -0.491 e. The number of hydrogen-bond acceptors (Lipinski definition) is 6. The van der Waals surface area contributed by atoms with Gasteiger partial charge in [-0.15, -0.1) is 0 Å². The van der Waals surface area contributed by atoms with E-state index in [1.54, 1.807) is 18.6 Å². The molecule has 1 atom stereocenters. The molecule has 2 N–H and O–H groups in total. The summed E-state index contributed by atoms with van der Waals surface area (Å²) in [4.78, 5) is 10.7. The first-order valence-electron chi connectivity index (χ1n) is 10.4. The Labute approximate surface area is 168 Å². The summed E-state index contributed by atoms with van der Waals surface area (Å²) >= 11 is 0. The van der Waals surface area contributed by atoms with E-state index in [0.29, 0.717) is 13.2 Å². The van der Waals surface area contributed by atoms with Gasteiger partial charge in [0.25, 0.3) is 0 Å². The molecule has 0 amide bonds. The molecule has 1 aromatic carbocycles. The van der Waals surface area contributed by atoms with Gasteiger partial charge in [0.1, 0.15) is 18.5 Å². The van der Waals surface area contributed by atoms with Crippen molar-refractivity contribution in [2.45, 2.75) is 44.8 Å². The van der Waals surface area contributed by atoms with Gasteiger partial charge < -0.3 is 20.1 Å². The zero-order valence-corrected chi connectivity index (χ0v) is 16.6. The predicted octanol–water partition coefficient (Wildman–Crippen LogP) is 2.42. The molecule has 1 aliphatic heterocycles. The molecule has 1 aromatic heterocycles. The van der Waals surface area contributed by atoms with Crippen LogP contribution in [0.15, 0.2) is 42.9 Å². The molecule has 0 saturated carbocycles. The Morgan fingerprint density at radius 3 is 2.79 bits per heavy atom. The smallest absolute Gasteiger partial charge is 0.119 e. The lowest BCUT2D eigenvalue weighted by Crippen LogP contribution is -2.36. The Hall–Kier alpha value is -2.02. The fourth-order valence-corrected chi connectivity index (χ4v) is 3.52. The Morgan fingerprint density at radius 2 is 2.00 bits per heavy atom. The number of β-amino-alcohol motifs (C(OH)–C–C–N with tert-alkyl or cyclic N) is 1. The van der Waals surface area contributed by atoms with E-state index in [4.69, 9.17) is 4.74 Å². The number of aliphatic hydroxyl groups excluding tert-OH is 1. The first-order chi connectivity index (χ1) is 13.8. The highest BCUT2D eigenvalue weighted by Gasteiger charge is 2.14. The number of aromatic nitrogens is 2. The minimum absolute atomic E-state index is 0.333. The fourth-order valence-electron chi connectivity index (χ4n) is 3.52. The Kier molecular flexibility index (Phi) is 8.68. The Morgan fingerprint density at radius 1 is 1.14 bits per heavy atom. The van der Waals surface area contributed by atoms with Gasteiger partial charge in [-0.2, -0.15) is 0 Å². The molecule has 3 rings (SSSR count). The third-order valence-electron chi connectivity index (χ3n) is 5.01. The van der Waals surface area contributed by atoms with Crippen LogP contribution in [-0.2, 0) is 13.0 Å². The van der Waals surface area contributed by atoms with E-state index < -0.39 is 6.10 Å². The van der Waals surface area contributed by atoms with Crippen LogP contribution in [0.5, 0.6) is 5.75 Å². The summed E-state index contributed by atoms with van der Waals surface area (Å²) in [6, 6.07) is 8.06. The van der Waals surface area contributed by atoms with Crippen LogP contribution >= 0.6 is 0 Å². The van der Waals surface area contributed by atoms with Crippen LogP contribution in [0.2, 0.25) is 0 Å². The van der Waals surface area contributed by atoms with Crippen LogP contribution in [0, 0.1) is 0 Å². The van der Waals surface area contributed by atoms with Gasteiger partial charge in [-0.05, 0) is 43.6 Å².